The van der Waals surface area contributed by atoms with Crippen molar-refractivity contribution in [1.29, 1.82) is 0 Å². The average Bonchev–Trinajstić information content (AvgIpc) is 2.94. The summed E-state index contributed by atoms with van der Waals surface area (Å²) in [6.07, 6.45) is 7.36. The van der Waals surface area contributed by atoms with Crippen LogP contribution in [0.25, 0.3) is 22.3 Å². The van der Waals surface area contributed by atoms with Gasteiger partial charge in [0.05, 0.1) is 19.8 Å². The first kappa shape index (κ1) is 28.2. The van der Waals surface area contributed by atoms with Crippen LogP contribution < -0.4 is 4.74 Å². The molecule has 1 aliphatic heterocycles. The fraction of sp³-hybridized carbons (Fsp3) is 0.438. The van der Waals surface area contributed by atoms with Gasteiger partial charge in [0, 0.05) is 11.5 Å². The van der Waals surface area contributed by atoms with Gasteiger partial charge in [-0.2, -0.15) is 4.39 Å². The molecule has 0 spiro atoms. The Labute approximate surface area is 223 Å². The van der Waals surface area contributed by atoms with Crippen molar-refractivity contribution >= 4 is 0 Å². The van der Waals surface area contributed by atoms with Crippen LogP contribution in [0.1, 0.15) is 70.3 Å². The van der Waals surface area contributed by atoms with Crippen molar-refractivity contribution in [2.24, 2.45) is 0 Å². The lowest BCUT2D eigenvalue weighted by Crippen LogP contribution is -2.31. The second kappa shape index (κ2) is 13.8. The van der Waals surface area contributed by atoms with Crippen LogP contribution in [0.5, 0.6) is 5.75 Å². The van der Waals surface area contributed by atoms with Gasteiger partial charge in [-0.25, -0.2) is 8.78 Å². The number of unbranched alkanes of at least 4 members (excludes halogenated alkanes) is 4. The van der Waals surface area contributed by atoms with Gasteiger partial charge in [0.15, 0.2) is 17.9 Å². The van der Waals surface area contributed by atoms with E-state index in [-0.39, 0.29) is 29.3 Å². The Hall–Kier alpha value is -2.83. The first-order valence-corrected chi connectivity index (χ1v) is 13.8. The van der Waals surface area contributed by atoms with Crippen LogP contribution in [0.2, 0.25) is 0 Å². The zero-order valence-corrected chi connectivity index (χ0v) is 22.3. The lowest BCUT2D eigenvalue weighted by atomic mass is 9.95. The minimum absolute atomic E-state index is 0.0908. The number of hydrogen-bond acceptors (Lipinski definition) is 3. The summed E-state index contributed by atoms with van der Waals surface area (Å²) in [6, 6.07) is 15.1. The Morgan fingerprint density at radius 3 is 2.11 bits per heavy atom. The molecule has 38 heavy (non-hydrogen) atoms. The van der Waals surface area contributed by atoms with Crippen LogP contribution in [0.4, 0.5) is 13.2 Å². The Morgan fingerprint density at radius 2 is 1.42 bits per heavy atom. The predicted octanol–water partition coefficient (Wildman–Crippen LogP) is 9.04. The first-order chi connectivity index (χ1) is 18.5. The number of rotatable bonds is 12. The van der Waals surface area contributed by atoms with E-state index in [9.17, 15) is 8.78 Å². The molecule has 3 nitrogen and oxygen atoms in total. The molecule has 0 aromatic heterocycles. The lowest BCUT2D eigenvalue weighted by Gasteiger charge is -2.30. The van der Waals surface area contributed by atoms with Crippen LogP contribution in [0.3, 0.4) is 0 Å². The number of ether oxygens (including phenoxy) is 3. The molecule has 0 radical (unpaired) electrons. The third kappa shape index (κ3) is 6.97. The van der Waals surface area contributed by atoms with Crippen LogP contribution in [0, 0.1) is 17.5 Å². The second-order valence-corrected chi connectivity index (χ2v) is 9.90. The minimum atomic E-state index is -0.994. The summed E-state index contributed by atoms with van der Waals surface area (Å²) in [5, 5.41) is 0. The Kier molecular flexibility index (Phi) is 10.2. The number of benzene rings is 3. The third-order valence-corrected chi connectivity index (χ3v) is 6.99. The molecule has 6 heteroatoms. The average molecular weight is 527 g/mol. The molecule has 1 saturated heterocycles. The Morgan fingerprint density at radius 1 is 0.737 bits per heavy atom. The Bertz CT molecular complexity index is 1170. The van der Waals surface area contributed by atoms with Gasteiger partial charge in [-0.3, -0.25) is 0 Å². The van der Waals surface area contributed by atoms with E-state index < -0.39 is 11.6 Å². The van der Waals surface area contributed by atoms with Crippen LogP contribution >= 0.6 is 0 Å². The molecule has 0 bridgehead atoms. The fourth-order valence-corrected chi connectivity index (χ4v) is 4.76. The number of halogens is 3. The van der Waals surface area contributed by atoms with E-state index in [1.54, 1.807) is 30.3 Å². The van der Waals surface area contributed by atoms with Crippen molar-refractivity contribution in [2.75, 3.05) is 19.8 Å². The highest BCUT2D eigenvalue weighted by Crippen LogP contribution is 2.33. The van der Waals surface area contributed by atoms with Crippen LogP contribution in [-0.4, -0.2) is 26.1 Å². The second-order valence-electron chi connectivity index (χ2n) is 9.90. The maximum atomic E-state index is 15.1. The summed E-state index contributed by atoms with van der Waals surface area (Å²) in [6.45, 7) is 5.30. The molecule has 0 unspecified atom stereocenters. The molecule has 1 heterocycles. The largest absolute Gasteiger partial charge is 0.490 e. The van der Waals surface area contributed by atoms with Gasteiger partial charge < -0.3 is 14.2 Å². The van der Waals surface area contributed by atoms with E-state index in [1.165, 1.54) is 43.9 Å². The molecule has 0 atom stereocenters. The van der Waals surface area contributed by atoms with E-state index in [2.05, 4.69) is 6.92 Å². The maximum Gasteiger partial charge on any atom is 0.201 e. The lowest BCUT2D eigenvalue weighted by molar-refractivity contribution is -0.190. The van der Waals surface area contributed by atoms with Gasteiger partial charge in [-0.15, -0.1) is 0 Å². The molecule has 0 aliphatic carbocycles. The zero-order valence-electron chi connectivity index (χ0n) is 22.3. The normalized spacial score (nSPS) is 17.5. The zero-order chi connectivity index (χ0) is 26.9. The molecule has 3 aromatic carbocycles. The highest BCUT2D eigenvalue weighted by Gasteiger charge is 2.25. The van der Waals surface area contributed by atoms with E-state index in [0.717, 1.165) is 18.4 Å². The van der Waals surface area contributed by atoms with Crippen molar-refractivity contribution in [2.45, 2.75) is 71.0 Å². The number of hydrogen-bond donors (Lipinski definition) is 0. The van der Waals surface area contributed by atoms with E-state index >= 15 is 4.39 Å². The summed E-state index contributed by atoms with van der Waals surface area (Å²) in [5.41, 5.74) is 2.74. The molecule has 0 amide bonds. The molecule has 1 fully saturated rings. The molecular weight excluding hydrogens is 489 g/mol. The van der Waals surface area contributed by atoms with Gasteiger partial charge in [0.1, 0.15) is 5.82 Å². The highest BCUT2D eigenvalue weighted by atomic mass is 19.2. The maximum absolute atomic E-state index is 15.1. The van der Waals surface area contributed by atoms with Crippen molar-refractivity contribution in [1.82, 2.24) is 0 Å². The molecular formula is C32H37F3O3. The first-order valence-electron chi connectivity index (χ1n) is 13.8. The molecule has 0 N–H and O–H groups in total. The topological polar surface area (TPSA) is 27.7 Å². The van der Waals surface area contributed by atoms with Gasteiger partial charge in [0.25, 0.3) is 0 Å². The molecule has 0 saturated carbocycles. The van der Waals surface area contributed by atoms with Crippen LogP contribution in [0.15, 0.2) is 54.6 Å². The van der Waals surface area contributed by atoms with E-state index in [0.29, 0.717) is 42.9 Å². The summed E-state index contributed by atoms with van der Waals surface area (Å²) in [7, 11) is 0. The monoisotopic (exact) mass is 526 g/mol. The molecule has 3 aromatic rings. The molecule has 204 valence electrons. The summed E-state index contributed by atoms with van der Waals surface area (Å²) < 4.78 is 61.2. The third-order valence-electron chi connectivity index (χ3n) is 6.99. The van der Waals surface area contributed by atoms with Gasteiger partial charge in [0.2, 0.25) is 5.82 Å². The Balaban J connectivity index is 1.38. The minimum Gasteiger partial charge on any atom is -0.490 e. The predicted molar refractivity (Wildman–Crippen MR) is 145 cm³/mol. The smallest absolute Gasteiger partial charge is 0.201 e. The quantitative estimate of drug-likeness (QED) is 0.220. The summed E-state index contributed by atoms with van der Waals surface area (Å²) in [4.78, 5) is 0. The SMILES string of the molecule is CCCCCCCC1OCC(c2ccc(-c3ccc(-c4ccc(OCCC)c(F)c4F)cc3)cc2F)CO1. The van der Waals surface area contributed by atoms with Gasteiger partial charge >= 0.3 is 0 Å². The van der Waals surface area contributed by atoms with Crippen molar-refractivity contribution in [3.8, 4) is 28.0 Å². The van der Waals surface area contributed by atoms with Crippen molar-refractivity contribution in [3.05, 3.63) is 77.6 Å². The van der Waals surface area contributed by atoms with Crippen molar-refractivity contribution < 1.29 is 27.4 Å². The summed E-state index contributed by atoms with van der Waals surface area (Å²) in [5.74, 6) is -2.49. The van der Waals surface area contributed by atoms with Crippen molar-refractivity contribution in [3.63, 3.8) is 0 Å². The standard InChI is InChI=1S/C32H37F3O3/c1-3-5-6-7-8-9-30-37-20-25(21-38-30)26-15-14-24(19-28(26)33)22-10-12-23(13-11-22)27-16-17-29(36-18-4-2)32(35)31(27)34/h10-17,19,25,30H,3-9,18,20-21H2,1-2H3. The van der Waals surface area contributed by atoms with E-state index in [1.807, 2.05) is 13.0 Å². The fourth-order valence-electron chi connectivity index (χ4n) is 4.76. The summed E-state index contributed by atoms with van der Waals surface area (Å²) >= 11 is 0. The van der Waals surface area contributed by atoms with Crippen LogP contribution in [-0.2, 0) is 9.47 Å². The van der Waals surface area contributed by atoms with Gasteiger partial charge in [-0.05, 0) is 59.7 Å². The highest BCUT2D eigenvalue weighted by molar-refractivity contribution is 5.71. The molecule has 4 rings (SSSR count). The van der Waals surface area contributed by atoms with Gasteiger partial charge in [-0.1, -0.05) is 75.9 Å². The van der Waals surface area contributed by atoms with E-state index in [4.69, 9.17) is 14.2 Å². The molecule has 1 aliphatic rings.